The first-order chi connectivity index (χ1) is 14.3. The van der Waals surface area contributed by atoms with Crippen molar-refractivity contribution in [2.75, 3.05) is 13.2 Å². The molecule has 9 heteroatoms. The van der Waals surface area contributed by atoms with Crippen LogP contribution >= 0.6 is 11.3 Å². The van der Waals surface area contributed by atoms with Crippen molar-refractivity contribution in [3.8, 4) is 11.5 Å². The molecule has 0 aliphatic rings. The van der Waals surface area contributed by atoms with Gasteiger partial charge in [-0.25, -0.2) is 13.1 Å². The van der Waals surface area contributed by atoms with E-state index in [1.165, 1.54) is 6.07 Å². The number of benzene rings is 2. The number of aryl methyl sites for hydroxylation is 1. The standard InChI is InChI=1S/C21H26N2O5S2/c1-5-23-17-10-9-16(13-20(17)29-21(23)24)30(25,26)22-14(4)15-8-11-18(27-6-2)19(12-15)28-7-3/h8-14,22H,5-7H2,1-4H3. The smallest absolute Gasteiger partial charge is 0.308 e. The minimum atomic E-state index is -3.78. The summed E-state index contributed by atoms with van der Waals surface area (Å²) in [7, 11) is -3.78. The lowest BCUT2D eigenvalue weighted by Crippen LogP contribution is -2.27. The van der Waals surface area contributed by atoms with E-state index in [4.69, 9.17) is 9.47 Å². The zero-order valence-electron chi connectivity index (χ0n) is 17.5. The van der Waals surface area contributed by atoms with Crippen molar-refractivity contribution < 1.29 is 17.9 Å². The summed E-state index contributed by atoms with van der Waals surface area (Å²) < 4.78 is 42.1. The lowest BCUT2D eigenvalue weighted by Gasteiger charge is -2.17. The Morgan fingerprint density at radius 1 is 1.03 bits per heavy atom. The molecule has 1 atom stereocenters. The highest BCUT2D eigenvalue weighted by Gasteiger charge is 2.21. The molecule has 1 unspecified atom stereocenters. The van der Waals surface area contributed by atoms with Crippen LogP contribution in [-0.2, 0) is 16.6 Å². The number of ether oxygens (including phenoxy) is 2. The molecule has 3 rings (SSSR count). The third kappa shape index (κ3) is 4.53. The Morgan fingerprint density at radius 2 is 1.73 bits per heavy atom. The van der Waals surface area contributed by atoms with Gasteiger partial charge in [0, 0.05) is 12.6 Å². The molecule has 0 amide bonds. The van der Waals surface area contributed by atoms with Crippen LogP contribution in [-0.4, -0.2) is 26.2 Å². The van der Waals surface area contributed by atoms with Gasteiger partial charge in [0.2, 0.25) is 10.0 Å². The third-order valence-electron chi connectivity index (χ3n) is 4.67. The second-order valence-corrected chi connectivity index (χ2v) is 9.36. The lowest BCUT2D eigenvalue weighted by atomic mass is 10.1. The Hall–Kier alpha value is -2.36. The van der Waals surface area contributed by atoms with Crippen molar-refractivity contribution >= 4 is 31.6 Å². The van der Waals surface area contributed by atoms with Gasteiger partial charge in [-0.1, -0.05) is 17.4 Å². The first-order valence-corrected chi connectivity index (χ1v) is 12.2. The van der Waals surface area contributed by atoms with E-state index in [2.05, 4.69) is 4.72 Å². The number of sulfonamides is 1. The molecule has 0 aliphatic heterocycles. The number of hydrogen-bond donors (Lipinski definition) is 1. The largest absolute Gasteiger partial charge is 0.490 e. The molecule has 2 aromatic carbocycles. The fourth-order valence-corrected chi connectivity index (χ4v) is 5.55. The van der Waals surface area contributed by atoms with Crippen molar-refractivity contribution in [3.05, 3.63) is 51.6 Å². The summed E-state index contributed by atoms with van der Waals surface area (Å²) in [6.07, 6.45) is 0. The summed E-state index contributed by atoms with van der Waals surface area (Å²) in [6.45, 7) is 8.95. The van der Waals surface area contributed by atoms with Gasteiger partial charge in [-0.2, -0.15) is 0 Å². The molecule has 0 bridgehead atoms. The first kappa shape index (κ1) is 22.3. The highest BCUT2D eigenvalue weighted by atomic mass is 32.2. The van der Waals surface area contributed by atoms with Crippen molar-refractivity contribution in [1.82, 2.24) is 9.29 Å². The monoisotopic (exact) mass is 450 g/mol. The Balaban J connectivity index is 1.88. The number of nitrogens with one attached hydrogen (secondary N) is 1. The molecule has 3 aromatic rings. The topological polar surface area (TPSA) is 86.6 Å². The summed E-state index contributed by atoms with van der Waals surface area (Å²) in [4.78, 5) is 12.1. The molecule has 1 N–H and O–H groups in total. The predicted molar refractivity (Wildman–Crippen MR) is 119 cm³/mol. The summed E-state index contributed by atoms with van der Waals surface area (Å²) >= 11 is 1.05. The van der Waals surface area contributed by atoms with Gasteiger partial charge in [0.1, 0.15) is 0 Å². The average Bonchev–Trinajstić information content (AvgIpc) is 3.03. The maximum absolute atomic E-state index is 13.0. The molecule has 1 aromatic heterocycles. The van der Waals surface area contributed by atoms with Crippen LogP contribution in [0.25, 0.3) is 10.2 Å². The van der Waals surface area contributed by atoms with Gasteiger partial charge in [-0.3, -0.25) is 9.36 Å². The van der Waals surface area contributed by atoms with Crippen molar-refractivity contribution in [3.63, 3.8) is 0 Å². The maximum Gasteiger partial charge on any atom is 0.308 e. The second kappa shape index (κ2) is 9.20. The number of hydrogen-bond acceptors (Lipinski definition) is 6. The van der Waals surface area contributed by atoms with Crippen LogP contribution in [0.2, 0.25) is 0 Å². The average molecular weight is 451 g/mol. The van der Waals surface area contributed by atoms with E-state index in [0.29, 0.717) is 36.0 Å². The highest BCUT2D eigenvalue weighted by Crippen LogP contribution is 2.31. The van der Waals surface area contributed by atoms with Crippen LogP contribution in [0.5, 0.6) is 11.5 Å². The van der Waals surface area contributed by atoms with E-state index in [-0.39, 0.29) is 9.77 Å². The SMILES string of the molecule is CCOc1ccc(C(C)NS(=O)(=O)c2ccc3c(c2)sc(=O)n3CC)cc1OCC. The van der Waals surface area contributed by atoms with E-state index in [1.54, 1.807) is 35.8 Å². The van der Waals surface area contributed by atoms with Gasteiger partial charge in [0.25, 0.3) is 0 Å². The molecule has 7 nitrogen and oxygen atoms in total. The highest BCUT2D eigenvalue weighted by molar-refractivity contribution is 7.89. The Morgan fingerprint density at radius 3 is 2.40 bits per heavy atom. The fourth-order valence-electron chi connectivity index (χ4n) is 3.22. The van der Waals surface area contributed by atoms with Crippen molar-refractivity contribution in [2.24, 2.45) is 0 Å². The maximum atomic E-state index is 13.0. The van der Waals surface area contributed by atoms with Crippen molar-refractivity contribution in [1.29, 1.82) is 0 Å². The fraction of sp³-hybridized carbons (Fsp3) is 0.381. The number of rotatable bonds is 9. The first-order valence-electron chi connectivity index (χ1n) is 9.86. The lowest BCUT2D eigenvalue weighted by molar-refractivity contribution is 0.287. The molecule has 30 heavy (non-hydrogen) atoms. The van der Waals surface area contributed by atoms with E-state index in [1.807, 2.05) is 26.8 Å². The van der Waals surface area contributed by atoms with Gasteiger partial charge >= 0.3 is 4.87 Å². The van der Waals surface area contributed by atoms with Gasteiger partial charge < -0.3 is 9.47 Å². The molecule has 0 saturated heterocycles. The van der Waals surface area contributed by atoms with Crippen LogP contribution in [0.4, 0.5) is 0 Å². The molecule has 0 aliphatic carbocycles. The summed E-state index contributed by atoms with van der Waals surface area (Å²) in [5, 5.41) is 0. The number of nitrogens with zero attached hydrogens (tertiary/aromatic N) is 1. The number of aromatic nitrogens is 1. The van der Waals surface area contributed by atoms with Crippen molar-refractivity contribution in [2.45, 2.75) is 45.2 Å². The summed E-state index contributed by atoms with van der Waals surface area (Å²) in [5.74, 6) is 1.20. The molecule has 0 saturated carbocycles. The molecule has 1 heterocycles. The third-order valence-corrected chi connectivity index (χ3v) is 7.15. The van der Waals surface area contributed by atoms with Gasteiger partial charge in [-0.15, -0.1) is 0 Å². The van der Waals surface area contributed by atoms with Crippen LogP contribution in [0.3, 0.4) is 0 Å². The molecular formula is C21H26N2O5S2. The van der Waals surface area contributed by atoms with Gasteiger partial charge in [-0.05, 0) is 63.6 Å². The molecular weight excluding hydrogens is 424 g/mol. The van der Waals surface area contributed by atoms with Crippen LogP contribution < -0.4 is 19.1 Å². The van der Waals surface area contributed by atoms with E-state index in [0.717, 1.165) is 22.4 Å². The summed E-state index contributed by atoms with van der Waals surface area (Å²) in [5.41, 5.74) is 1.50. The quantitative estimate of drug-likeness (QED) is 0.534. The zero-order valence-corrected chi connectivity index (χ0v) is 19.1. The normalized spacial score (nSPS) is 12.8. The van der Waals surface area contributed by atoms with E-state index < -0.39 is 16.1 Å². The predicted octanol–water partition coefficient (Wildman–Crippen LogP) is 3.92. The Kier molecular flexibility index (Phi) is 6.84. The van der Waals surface area contributed by atoms with Crippen LogP contribution in [0.15, 0.2) is 46.1 Å². The second-order valence-electron chi connectivity index (χ2n) is 6.66. The zero-order chi connectivity index (χ0) is 21.9. The molecule has 0 spiro atoms. The Labute approximate surface area is 180 Å². The van der Waals surface area contributed by atoms with Crippen LogP contribution in [0.1, 0.15) is 39.3 Å². The van der Waals surface area contributed by atoms with E-state index in [9.17, 15) is 13.2 Å². The molecule has 162 valence electrons. The minimum Gasteiger partial charge on any atom is -0.490 e. The van der Waals surface area contributed by atoms with Gasteiger partial charge in [0.15, 0.2) is 11.5 Å². The van der Waals surface area contributed by atoms with E-state index >= 15 is 0 Å². The Bertz CT molecular complexity index is 1200. The number of thiazole rings is 1. The summed E-state index contributed by atoms with van der Waals surface area (Å²) in [6, 6.07) is 9.66. The number of fused-ring (bicyclic) bond motifs is 1. The van der Waals surface area contributed by atoms with Crippen LogP contribution in [0, 0.1) is 0 Å². The van der Waals surface area contributed by atoms with Gasteiger partial charge in [0.05, 0.1) is 28.3 Å². The minimum absolute atomic E-state index is 0.0961. The molecule has 0 radical (unpaired) electrons. The molecule has 0 fully saturated rings.